The molecular weight excluding hydrogens is 712 g/mol. The Hall–Kier alpha value is -3.38. The smallest absolute Gasteiger partial charge is 0.348 e. The Morgan fingerprint density at radius 1 is 0.816 bits per heavy atom. The van der Waals surface area contributed by atoms with Crippen LogP contribution in [-0.2, 0) is 23.7 Å². The van der Waals surface area contributed by atoms with E-state index in [1.54, 1.807) is 26.0 Å². The fourth-order valence-corrected chi connectivity index (χ4v) is 7.38. The Bertz CT molecular complexity index is 2130. The quantitative estimate of drug-likeness (QED) is 0.0821. The highest BCUT2D eigenvalue weighted by molar-refractivity contribution is 9.10. The van der Waals surface area contributed by atoms with Gasteiger partial charge in [0.2, 0.25) is 6.29 Å². The Morgan fingerprint density at radius 3 is 2.31 bits per heavy atom. The Morgan fingerprint density at radius 2 is 1.55 bits per heavy atom. The minimum atomic E-state index is -1.50. The van der Waals surface area contributed by atoms with Crippen molar-refractivity contribution in [3.8, 4) is 11.5 Å². The van der Waals surface area contributed by atoms with E-state index in [9.17, 15) is 30.0 Å². The Labute approximate surface area is 286 Å². The topological polar surface area (TPSA) is 197 Å². The molecule has 0 saturated carbocycles. The molecule has 0 spiro atoms. The van der Waals surface area contributed by atoms with Crippen LogP contribution in [0.4, 0.5) is 0 Å². The van der Waals surface area contributed by atoms with E-state index >= 15 is 0 Å². The van der Waals surface area contributed by atoms with E-state index in [1.165, 1.54) is 25.3 Å². The number of rotatable bonds is 7. The lowest BCUT2D eigenvalue weighted by molar-refractivity contribution is -0.298. The SMILES string of the molecule is COC1C(O)C(C)OCC(C)C1OCOC1C(Oc2cccc3c(O)c4c(=O)oc5ccc(Br)c6c(=O)oc(c23)c4c56)OC(C)C(O)C1O. The largest absolute Gasteiger partial charge is 0.506 e. The van der Waals surface area contributed by atoms with Crippen LogP contribution in [0.15, 0.2) is 53.2 Å². The molecule has 0 aliphatic carbocycles. The maximum atomic E-state index is 13.4. The summed E-state index contributed by atoms with van der Waals surface area (Å²) in [5.74, 6) is -0.561. The van der Waals surface area contributed by atoms with Gasteiger partial charge in [0.1, 0.15) is 53.7 Å². The minimum absolute atomic E-state index is 0.0416. The van der Waals surface area contributed by atoms with Crippen LogP contribution in [0.1, 0.15) is 20.8 Å². The summed E-state index contributed by atoms with van der Waals surface area (Å²) in [6.07, 6.45) is -9.27. The van der Waals surface area contributed by atoms with E-state index < -0.39 is 78.9 Å². The molecule has 2 aliphatic rings. The molecule has 2 aliphatic heterocycles. The summed E-state index contributed by atoms with van der Waals surface area (Å²) in [5, 5.41) is 44.7. The van der Waals surface area contributed by atoms with Gasteiger partial charge in [-0.15, -0.1) is 0 Å². The minimum Gasteiger partial charge on any atom is -0.506 e. The highest BCUT2D eigenvalue weighted by Gasteiger charge is 2.46. The average molecular weight is 748 g/mol. The molecule has 2 saturated heterocycles. The predicted molar refractivity (Wildman–Crippen MR) is 177 cm³/mol. The van der Waals surface area contributed by atoms with Crippen LogP contribution in [0.25, 0.3) is 43.5 Å². The molecule has 49 heavy (non-hydrogen) atoms. The van der Waals surface area contributed by atoms with Crippen LogP contribution in [0.3, 0.4) is 0 Å². The fraction of sp³-hybridized carbons (Fsp3) is 0.471. The number of fused-ring (bicyclic) bond motifs is 2. The molecule has 2 aromatic heterocycles. The number of phenolic OH excluding ortho intramolecular Hbond substituents is 1. The Kier molecular flexibility index (Phi) is 9.09. The fourth-order valence-electron chi connectivity index (χ4n) is 6.89. The molecule has 0 amide bonds. The van der Waals surface area contributed by atoms with E-state index in [4.69, 9.17) is 37.3 Å². The van der Waals surface area contributed by atoms with Gasteiger partial charge in [0.15, 0.2) is 11.7 Å². The summed E-state index contributed by atoms with van der Waals surface area (Å²) in [5.41, 5.74) is -1.48. The first kappa shape index (κ1) is 34.1. The summed E-state index contributed by atoms with van der Waals surface area (Å²) >= 11 is 3.37. The number of hydrogen-bond acceptors (Lipinski definition) is 14. The third-order valence-corrected chi connectivity index (χ3v) is 10.2. The van der Waals surface area contributed by atoms with Gasteiger partial charge in [0.25, 0.3) is 0 Å². The van der Waals surface area contributed by atoms with Crippen molar-refractivity contribution in [1.82, 2.24) is 0 Å². The zero-order valence-corrected chi connectivity index (χ0v) is 28.4. The van der Waals surface area contributed by atoms with Crippen LogP contribution in [0, 0.1) is 5.92 Å². The van der Waals surface area contributed by atoms with Crippen LogP contribution in [0.2, 0.25) is 0 Å². The summed E-state index contributed by atoms with van der Waals surface area (Å²) in [6, 6.07) is 7.69. The molecule has 14 nitrogen and oxygen atoms in total. The maximum Gasteiger partial charge on any atom is 0.348 e. The van der Waals surface area contributed by atoms with Crippen molar-refractivity contribution in [2.75, 3.05) is 20.5 Å². The number of benzene rings is 3. The van der Waals surface area contributed by atoms with E-state index in [2.05, 4.69) is 15.9 Å². The first-order valence-electron chi connectivity index (χ1n) is 15.8. The monoisotopic (exact) mass is 746 g/mol. The second-order valence-corrected chi connectivity index (χ2v) is 13.4. The second-order valence-electron chi connectivity index (χ2n) is 12.6. The van der Waals surface area contributed by atoms with Crippen molar-refractivity contribution in [3.05, 3.63) is 55.6 Å². The van der Waals surface area contributed by atoms with E-state index in [0.717, 1.165) is 0 Å². The molecule has 10 unspecified atom stereocenters. The van der Waals surface area contributed by atoms with Crippen molar-refractivity contribution in [2.24, 2.45) is 5.92 Å². The predicted octanol–water partition coefficient (Wildman–Crippen LogP) is 3.12. The first-order chi connectivity index (χ1) is 23.4. The Balaban J connectivity index is 1.28. The highest BCUT2D eigenvalue weighted by atomic mass is 79.9. The lowest BCUT2D eigenvalue weighted by atomic mass is 9.96. The van der Waals surface area contributed by atoms with Crippen molar-refractivity contribution < 1.29 is 57.7 Å². The van der Waals surface area contributed by atoms with Gasteiger partial charge in [-0.2, -0.15) is 0 Å². The number of aliphatic hydroxyl groups is 3. The third kappa shape index (κ3) is 5.57. The number of halogens is 1. The standard InChI is InChI=1S/C34H35BrO14/c1-12-10-43-13(2)25(37)30(42-4)28(12)44-11-45-31-27(39)24(36)14(3)46-34(31)48-17-7-5-6-15-19(17)29-22-21-18(47-33(41)23(22)26(15)38)9-8-16(35)20(21)32(40)49-29/h5-9,12-14,24-25,27-28,30-31,34,36-39H,10-11H2,1-4H3. The van der Waals surface area contributed by atoms with Crippen LogP contribution < -0.4 is 16.0 Å². The van der Waals surface area contributed by atoms with Gasteiger partial charge < -0.3 is 57.7 Å². The normalized spacial score (nSPS) is 31.2. The molecule has 0 bridgehead atoms. The summed E-state index contributed by atoms with van der Waals surface area (Å²) in [4.78, 5) is 26.5. The maximum absolute atomic E-state index is 13.4. The first-order valence-corrected chi connectivity index (χ1v) is 16.5. The summed E-state index contributed by atoms with van der Waals surface area (Å²) in [7, 11) is 1.46. The van der Waals surface area contributed by atoms with Gasteiger partial charge in [-0.05, 0) is 48.0 Å². The van der Waals surface area contributed by atoms with Gasteiger partial charge in [-0.3, -0.25) is 0 Å². The molecular formula is C34H35BrO14. The molecule has 5 aromatic rings. The van der Waals surface area contributed by atoms with Crippen LogP contribution in [-0.4, -0.2) is 96.1 Å². The van der Waals surface area contributed by atoms with Gasteiger partial charge in [-0.25, -0.2) is 9.59 Å². The number of phenols is 1. The van der Waals surface area contributed by atoms with Crippen molar-refractivity contribution in [3.63, 3.8) is 0 Å². The second kappa shape index (κ2) is 13.1. The zero-order chi connectivity index (χ0) is 34.9. The number of aliphatic hydroxyl groups excluding tert-OH is 3. The summed E-state index contributed by atoms with van der Waals surface area (Å²) in [6.45, 7) is 5.05. The molecule has 10 atom stereocenters. The zero-order valence-electron chi connectivity index (χ0n) is 26.8. The van der Waals surface area contributed by atoms with E-state index in [1.807, 2.05) is 6.92 Å². The van der Waals surface area contributed by atoms with Crippen molar-refractivity contribution in [2.45, 2.75) is 75.9 Å². The molecule has 262 valence electrons. The lowest BCUT2D eigenvalue weighted by Gasteiger charge is -2.41. The average Bonchev–Trinajstić information content (AvgIpc) is 3.17. The molecule has 0 radical (unpaired) electrons. The van der Waals surface area contributed by atoms with E-state index in [0.29, 0.717) is 11.1 Å². The van der Waals surface area contributed by atoms with Gasteiger partial charge >= 0.3 is 11.3 Å². The lowest BCUT2D eigenvalue weighted by Crippen LogP contribution is -2.59. The van der Waals surface area contributed by atoms with Gasteiger partial charge in [0, 0.05) is 33.7 Å². The number of aromatic hydroxyl groups is 1. The third-order valence-electron chi connectivity index (χ3n) is 9.54. The van der Waals surface area contributed by atoms with Crippen LogP contribution >= 0.6 is 15.9 Å². The van der Waals surface area contributed by atoms with Crippen molar-refractivity contribution in [1.29, 1.82) is 0 Å². The van der Waals surface area contributed by atoms with Gasteiger partial charge in [0.05, 0.1) is 35.7 Å². The number of hydrogen-bond donors (Lipinski definition) is 4. The molecule has 4 heterocycles. The number of ether oxygens (including phenoxy) is 6. The summed E-state index contributed by atoms with van der Waals surface area (Å²) < 4.78 is 47.3. The molecule has 2 fully saturated rings. The molecule has 3 aromatic carbocycles. The number of methoxy groups -OCH3 is 1. The highest BCUT2D eigenvalue weighted by Crippen LogP contribution is 2.45. The molecule has 15 heteroatoms. The van der Waals surface area contributed by atoms with E-state index in [-0.39, 0.29) is 55.2 Å². The van der Waals surface area contributed by atoms with Crippen molar-refractivity contribution >= 4 is 59.4 Å². The van der Waals surface area contributed by atoms with Gasteiger partial charge in [-0.1, -0.05) is 19.1 Å². The molecule has 4 N–H and O–H groups in total. The molecule has 7 rings (SSSR count). The van der Waals surface area contributed by atoms with Crippen LogP contribution in [0.5, 0.6) is 11.5 Å².